The van der Waals surface area contributed by atoms with E-state index in [1.165, 1.54) is 0 Å². The van der Waals surface area contributed by atoms with E-state index in [0.29, 0.717) is 16.6 Å². The van der Waals surface area contributed by atoms with Crippen LogP contribution < -0.4 is 5.32 Å². The van der Waals surface area contributed by atoms with Crippen molar-refractivity contribution in [2.75, 3.05) is 14.1 Å². The Morgan fingerprint density at radius 1 is 1.39 bits per heavy atom. The molecule has 0 saturated heterocycles. The molecular formula is C13H18Cl2N2O. The number of carbonyl (C=O) groups excluding carboxylic acids is 1. The van der Waals surface area contributed by atoms with Gasteiger partial charge in [-0.2, -0.15) is 0 Å². The Morgan fingerprint density at radius 2 is 2.00 bits per heavy atom. The topological polar surface area (TPSA) is 32.3 Å². The highest BCUT2D eigenvalue weighted by Gasteiger charge is 2.28. The van der Waals surface area contributed by atoms with Gasteiger partial charge in [0.25, 0.3) is 0 Å². The molecule has 0 radical (unpaired) electrons. The first-order chi connectivity index (χ1) is 8.29. The maximum atomic E-state index is 12.2. The minimum atomic E-state index is -0.597. The molecule has 1 aromatic carbocycles. The zero-order valence-corrected chi connectivity index (χ0v) is 12.6. The molecule has 0 unspecified atom stereocenters. The Kier molecular flexibility index (Phi) is 5.02. The second kappa shape index (κ2) is 5.91. The fourth-order valence-electron chi connectivity index (χ4n) is 1.58. The Hall–Kier alpha value is -0.770. The molecule has 0 aromatic heterocycles. The monoisotopic (exact) mass is 288 g/mol. The van der Waals surface area contributed by atoms with Gasteiger partial charge in [-0.3, -0.25) is 4.79 Å². The maximum Gasteiger partial charge on any atom is 0.242 e. The highest BCUT2D eigenvalue weighted by atomic mass is 35.5. The number of benzene rings is 1. The first-order valence-corrected chi connectivity index (χ1v) is 6.42. The lowest BCUT2D eigenvalue weighted by molar-refractivity contribution is -0.136. The van der Waals surface area contributed by atoms with Gasteiger partial charge >= 0.3 is 0 Å². The third-order valence-electron chi connectivity index (χ3n) is 2.95. The van der Waals surface area contributed by atoms with Crippen molar-refractivity contribution in [2.45, 2.75) is 25.9 Å². The normalized spacial score (nSPS) is 11.4. The van der Waals surface area contributed by atoms with Gasteiger partial charge in [0.2, 0.25) is 5.91 Å². The van der Waals surface area contributed by atoms with E-state index >= 15 is 0 Å². The summed E-state index contributed by atoms with van der Waals surface area (Å²) in [7, 11) is 3.51. The summed E-state index contributed by atoms with van der Waals surface area (Å²) in [5.74, 6) is 0.000965. The number of amides is 1. The van der Waals surface area contributed by atoms with Crippen LogP contribution in [0.4, 0.5) is 0 Å². The molecule has 1 aromatic rings. The third kappa shape index (κ3) is 3.37. The summed E-state index contributed by atoms with van der Waals surface area (Å²) in [6.45, 7) is 4.11. The lowest BCUT2D eigenvalue weighted by Crippen LogP contribution is -2.51. The van der Waals surface area contributed by atoms with Crippen LogP contribution >= 0.6 is 23.2 Å². The first-order valence-electron chi connectivity index (χ1n) is 5.67. The summed E-state index contributed by atoms with van der Waals surface area (Å²) in [6.07, 6.45) is 0. The van der Waals surface area contributed by atoms with E-state index in [-0.39, 0.29) is 5.91 Å². The Labute approximate surface area is 118 Å². The molecule has 0 aliphatic heterocycles. The van der Waals surface area contributed by atoms with Crippen molar-refractivity contribution in [1.29, 1.82) is 0 Å². The zero-order valence-electron chi connectivity index (χ0n) is 11.1. The van der Waals surface area contributed by atoms with Gasteiger partial charge in [0.1, 0.15) is 0 Å². The molecule has 1 amide bonds. The Morgan fingerprint density at radius 3 is 2.56 bits per heavy atom. The molecule has 0 saturated carbocycles. The van der Waals surface area contributed by atoms with Crippen LogP contribution in [0.25, 0.3) is 0 Å². The van der Waals surface area contributed by atoms with Crippen molar-refractivity contribution >= 4 is 29.1 Å². The summed E-state index contributed by atoms with van der Waals surface area (Å²) < 4.78 is 0. The molecule has 1 N–H and O–H groups in total. The lowest BCUT2D eigenvalue weighted by Gasteiger charge is -2.29. The van der Waals surface area contributed by atoms with Crippen molar-refractivity contribution < 1.29 is 4.79 Å². The standard InChI is InChI=1S/C13H18Cl2N2O/c1-13(2,16-3)12(18)17(4)8-9-6-5-7-10(14)11(9)15/h5-7,16H,8H2,1-4H3. The molecule has 0 aliphatic rings. The van der Waals surface area contributed by atoms with E-state index in [1.807, 2.05) is 26.0 Å². The molecule has 18 heavy (non-hydrogen) atoms. The number of carbonyl (C=O) groups is 1. The second-order valence-electron chi connectivity index (χ2n) is 4.75. The summed E-state index contributed by atoms with van der Waals surface area (Å²) in [5.41, 5.74) is 0.242. The zero-order chi connectivity index (χ0) is 13.9. The first kappa shape index (κ1) is 15.3. The number of hydrogen-bond donors (Lipinski definition) is 1. The van der Waals surface area contributed by atoms with Crippen LogP contribution in [0.2, 0.25) is 10.0 Å². The lowest BCUT2D eigenvalue weighted by atomic mass is 10.0. The van der Waals surface area contributed by atoms with Gasteiger partial charge in [0, 0.05) is 13.6 Å². The minimum Gasteiger partial charge on any atom is -0.340 e. The van der Waals surface area contributed by atoms with Gasteiger partial charge in [-0.05, 0) is 32.5 Å². The van der Waals surface area contributed by atoms with Crippen molar-refractivity contribution in [3.8, 4) is 0 Å². The predicted molar refractivity (Wildman–Crippen MR) is 76.1 cm³/mol. The van der Waals surface area contributed by atoms with Crippen molar-refractivity contribution in [3.05, 3.63) is 33.8 Å². The van der Waals surface area contributed by atoms with Crippen LogP contribution in [0.15, 0.2) is 18.2 Å². The second-order valence-corrected chi connectivity index (χ2v) is 5.53. The number of hydrogen-bond acceptors (Lipinski definition) is 2. The molecule has 1 rings (SSSR count). The van der Waals surface area contributed by atoms with Gasteiger partial charge in [0.15, 0.2) is 0 Å². The summed E-state index contributed by atoms with van der Waals surface area (Å²) in [6, 6.07) is 5.42. The van der Waals surface area contributed by atoms with Crippen LogP contribution in [-0.4, -0.2) is 30.4 Å². The van der Waals surface area contributed by atoms with Crippen molar-refractivity contribution in [2.24, 2.45) is 0 Å². The molecular weight excluding hydrogens is 271 g/mol. The van der Waals surface area contributed by atoms with Crippen LogP contribution in [-0.2, 0) is 11.3 Å². The van der Waals surface area contributed by atoms with Crippen molar-refractivity contribution in [3.63, 3.8) is 0 Å². The summed E-state index contributed by atoms with van der Waals surface area (Å²) in [5, 5.41) is 3.99. The molecule has 0 heterocycles. The predicted octanol–water partition coefficient (Wildman–Crippen LogP) is 2.95. The van der Waals surface area contributed by atoms with Gasteiger partial charge in [0.05, 0.1) is 15.6 Å². The molecule has 0 bridgehead atoms. The molecule has 0 spiro atoms. The largest absolute Gasteiger partial charge is 0.340 e. The SMILES string of the molecule is CNC(C)(C)C(=O)N(C)Cc1cccc(Cl)c1Cl. The van der Waals surface area contributed by atoms with E-state index in [1.54, 1.807) is 25.1 Å². The van der Waals surface area contributed by atoms with Gasteiger partial charge in [-0.1, -0.05) is 35.3 Å². The maximum absolute atomic E-state index is 12.2. The quantitative estimate of drug-likeness (QED) is 0.924. The van der Waals surface area contributed by atoms with Crippen molar-refractivity contribution in [1.82, 2.24) is 10.2 Å². The van der Waals surface area contributed by atoms with Gasteiger partial charge in [-0.25, -0.2) is 0 Å². The summed E-state index contributed by atoms with van der Waals surface area (Å²) in [4.78, 5) is 13.8. The molecule has 0 aliphatic carbocycles. The average Bonchev–Trinajstić information content (AvgIpc) is 2.33. The van der Waals surface area contributed by atoms with Crippen LogP contribution in [0.1, 0.15) is 19.4 Å². The Bertz CT molecular complexity index is 447. The number of nitrogens with zero attached hydrogens (tertiary/aromatic N) is 1. The van der Waals surface area contributed by atoms with E-state index in [2.05, 4.69) is 5.32 Å². The number of halogens is 2. The minimum absolute atomic E-state index is 0.000965. The molecule has 5 heteroatoms. The van der Waals surface area contributed by atoms with Crippen LogP contribution in [0.3, 0.4) is 0 Å². The Balaban J connectivity index is 2.85. The molecule has 100 valence electrons. The molecule has 3 nitrogen and oxygen atoms in total. The summed E-state index contributed by atoms with van der Waals surface area (Å²) >= 11 is 12.1. The number of nitrogens with one attached hydrogen (secondary N) is 1. The smallest absolute Gasteiger partial charge is 0.242 e. The number of rotatable bonds is 4. The van der Waals surface area contributed by atoms with E-state index in [0.717, 1.165) is 5.56 Å². The van der Waals surface area contributed by atoms with E-state index in [4.69, 9.17) is 23.2 Å². The highest BCUT2D eigenvalue weighted by Crippen LogP contribution is 2.26. The third-order valence-corrected chi connectivity index (χ3v) is 3.80. The van der Waals surface area contributed by atoms with E-state index < -0.39 is 5.54 Å². The van der Waals surface area contributed by atoms with Gasteiger partial charge < -0.3 is 10.2 Å². The van der Waals surface area contributed by atoms with E-state index in [9.17, 15) is 4.79 Å². The highest BCUT2D eigenvalue weighted by molar-refractivity contribution is 6.42. The molecule has 0 fully saturated rings. The number of likely N-dealkylation sites (N-methyl/N-ethyl adjacent to an activating group) is 2. The van der Waals surface area contributed by atoms with Crippen LogP contribution in [0, 0.1) is 0 Å². The van der Waals surface area contributed by atoms with Gasteiger partial charge in [-0.15, -0.1) is 0 Å². The fraction of sp³-hybridized carbons (Fsp3) is 0.462. The fourth-order valence-corrected chi connectivity index (χ4v) is 1.96. The average molecular weight is 289 g/mol. The van der Waals surface area contributed by atoms with Crippen LogP contribution in [0.5, 0.6) is 0 Å². The molecule has 0 atom stereocenters.